The van der Waals surface area contributed by atoms with Gasteiger partial charge in [0.2, 0.25) is 0 Å². The number of aromatic hydroxyl groups is 2. The molecular weight excluding hydrogens is 364 g/mol. The first-order chi connectivity index (χ1) is 13.0. The lowest BCUT2D eigenvalue weighted by Crippen LogP contribution is -2.47. The lowest BCUT2D eigenvalue weighted by atomic mass is 10.1. The molecule has 0 aliphatic rings. The Hall–Kier alpha value is -2.35. The van der Waals surface area contributed by atoms with Crippen LogP contribution in [0.25, 0.3) is 0 Å². The molecule has 0 saturated carbocycles. The van der Waals surface area contributed by atoms with E-state index in [9.17, 15) is 15.0 Å². The summed E-state index contributed by atoms with van der Waals surface area (Å²) in [6.07, 6.45) is 1.48. The third-order valence-corrected chi connectivity index (χ3v) is 6.88. The molecule has 27 heavy (non-hydrogen) atoms. The third-order valence-electron chi connectivity index (χ3n) is 3.96. The van der Waals surface area contributed by atoms with Gasteiger partial charge in [0.1, 0.15) is 11.5 Å². The van der Waals surface area contributed by atoms with Gasteiger partial charge in [0.15, 0.2) is 0 Å². The molecule has 0 radical (unpaired) electrons. The van der Waals surface area contributed by atoms with Crippen LogP contribution in [-0.4, -0.2) is 38.2 Å². The molecule has 0 fully saturated rings. The summed E-state index contributed by atoms with van der Waals surface area (Å²) in [6.45, 7) is 4.45. The van der Waals surface area contributed by atoms with Crippen LogP contribution in [0.1, 0.15) is 36.2 Å². The number of hydrogen-bond acceptors (Lipinski definition) is 6. The number of rotatable bonds is 10. The first-order valence-electron chi connectivity index (χ1n) is 9.06. The van der Waals surface area contributed by atoms with Crippen molar-refractivity contribution >= 4 is 14.8 Å². The fourth-order valence-corrected chi connectivity index (χ4v) is 5.19. The van der Waals surface area contributed by atoms with E-state index in [1.165, 1.54) is 24.3 Å². The van der Waals surface area contributed by atoms with Gasteiger partial charge in [-0.3, -0.25) is 0 Å². The SMILES string of the molecule is CCO[Si](CCCc1ccc(O)cc1)(OCC)OC(=O)c1ccc(O)cc1. The second-order valence-electron chi connectivity index (χ2n) is 6.01. The van der Waals surface area contributed by atoms with Gasteiger partial charge in [-0.2, -0.15) is 0 Å². The molecule has 0 amide bonds. The number of benzene rings is 2. The van der Waals surface area contributed by atoms with E-state index in [4.69, 9.17) is 13.3 Å². The molecule has 146 valence electrons. The van der Waals surface area contributed by atoms with Gasteiger partial charge in [-0.1, -0.05) is 12.1 Å². The number of carbonyl (C=O) groups is 1. The topological polar surface area (TPSA) is 85.2 Å². The predicted octanol–water partition coefficient (Wildman–Crippen LogP) is 3.90. The summed E-state index contributed by atoms with van der Waals surface area (Å²) in [5.41, 5.74) is 1.41. The van der Waals surface area contributed by atoms with Crippen LogP contribution in [0.2, 0.25) is 6.04 Å². The van der Waals surface area contributed by atoms with Crippen LogP contribution < -0.4 is 0 Å². The molecule has 6 nitrogen and oxygen atoms in total. The molecule has 0 saturated heterocycles. The summed E-state index contributed by atoms with van der Waals surface area (Å²) < 4.78 is 17.4. The van der Waals surface area contributed by atoms with Gasteiger partial charge in [0.05, 0.1) is 5.56 Å². The van der Waals surface area contributed by atoms with Crippen molar-refractivity contribution in [2.45, 2.75) is 32.7 Å². The number of phenolic OH excluding ortho intramolecular Hbond substituents is 2. The van der Waals surface area contributed by atoms with Crippen LogP contribution in [-0.2, 0) is 19.7 Å². The van der Waals surface area contributed by atoms with Crippen LogP contribution in [0.5, 0.6) is 11.5 Å². The van der Waals surface area contributed by atoms with Crippen LogP contribution in [0, 0.1) is 0 Å². The van der Waals surface area contributed by atoms with Crippen molar-refractivity contribution in [2.75, 3.05) is 13.2 Å². The Morgan fingerprint density at radius 2 is 1.41 bits per heavy atom. The lowest BCUT2D eigenvalue weighted by molar-refractivity contribution is 0.0427. The molecule has 2 aromatic carbocycles. The molecule has 0 heterocycles. The van der Waals surface area contributed by atoms with Gasteiger partial charge in [-0.15, -0.1) is 0 Å². The zero-order valence-electron chi connectivity index (χ0n) is 15.7. The van der Waals surface area contributed by atoms with Crippen molar-refractivity contribution < 1.29 is 28.3 Å². The van der Waals surface area contributed by atoms with Crippen LogP contribution in [0.3, 0.4) is 0 Å². The molecule has 2 aromatic rings. The van der Waals surface area contributed by atoms with Gasteiger partial charge in [-0.25, -0.2) is 4.79 Å². The highest BCUT2D eigenvalue weighted by Gasteiger charge is 2.44. The Labute approximate surface area is 160 Å². The first kappa shape index (κ1) is 21.0. The average Bonchev–Trinajstić information content (AvgIpc) is 2.64. The molecule has 0 bridgehead atoms. The van der Waals surface area contributed by atoms with Crippen molar-refractivity contribution in [3.8, 4) is 11.5 Å². The molecule has 0 aliphatic carbocycles. The van der Waals surface area contributed by atoms with Gasteiger partial charge < -0.3 is 23.5 Å². The normalized spacial score (nSPS) is 11.3. The quantitative estimate of drug-likeness (QED) is 0.599. The minimum Gasteiger partial charge on any atom is -0.508 e. The highest BCUT2D eigenvalue weighted by atomic mass is 28.4. The number of carbonyl (C=O) groups excluding carboxylic acids is 1. The van der Waals surface area contributed by atoms with Gasteiger partial charge in [0.25, 0.3) is 0 Å². The maximum Gasteiger partial charge on any atom is 0.568 e. The molecule has 0 spiro atoms. The van der Waals surface area contributed by atoms with E-state index >= 15 is 0 Å². The highest BCUT2D eigenvalue weighted by molar-refractivity contribution is 6.62. The van der Waals surface area contributed by atoms with E-state index in [-0.39, 0.29) is 11.5 Å². The zero-order valence-corrected chi connectivity index (χ0v) is 16.7. The second kappa shape index (κ2) is 10.1. The maximum absolute atomic E-state index is 12.5. The maximum atomic E-state index is 12.5. The lowest BCUT2D eigenvalue weighted by Gasteiger charge is -2.28. The molecular formula is C20H26O6Si. The Morgan fingerprint density at radius 3 is 1.93 bits per heavy atom. The fourth-order valence-electron chi connectivity index (χ4n) is 2.71. The zero-order chi connectivity index (χ0) is 19.7. The van der Waals surface area contributed by atoms with Crippen molar-refractivity contribution in [1.82, 2.24) is 0 Å². The summed E-state index contributed by atoms with van der Waals surface area (Å²) in [7, 11) is -3.18. The minimum absolute atomic E-state index is 0.0820. The Kier molecular flexibility index (Phi) is 7.84. The van der Waals surface area contributed by atoms with Crippen molar-refractivity contribution in [2.24, 2.45) is 0 Å². The van der Waals surface area contributed by atoms with Crippen LogP contribution in [0.4, 0.5) is 0 Å². The molecule has 0 unspecified atom stereocenters. The number of hydrogen-bond donors (Lipinski definition) is 2. The molecule has 7 heteroatoms. The average molecular weight is 391 g/mol. The van der Waals surface area contributed by atoms with E-state index in [1.54, 1.807) is 12.1 Å². The largest absolute Gasteiger partial charge is 0.568 e. The Balaban J connectivity index is 2.06. The molecule has 0 atom stereocenters. The van der Waals surface area contributed by atoms with E-state index in [2.05, 4.69) is 0 Å². The van der Waals surface area contributed by atoms with Gasteiger partial charge in [-0.05, 0) is 68.7 Å². The molecule has 2 rings (SSSR count). The number of phenols is 2. The van der Waals surface area contributed by atoms with Gasteiger partial charge >= 0.3 is 14.8 Å². The van der Waals surface area contributed by atoms with E-state index in [0.29, 0.717) is 24.8 Å². The van der Waals surface area contributed by atoms with E-state index in [0.717, 1.165) is 18.4 Å². The summed E-state index contributed by atoms with van der Waals surface area (Å²) >= 11 is 0. The summed E-state index contributed by atoms with van der Waals surface area (Å²) in [5.74, 6) is -0.208. The third kappa shape index (κ3) is 6.39. The van der Waals surface area contributed by atoms with Crippen LogP contribution in [0.15, 0.2) is 48.5 Å². The van der Waals surface area contributed by atoms with Crippen molar-refractivity contribution in [3.05, 3.63) is 59.7 Å². The minimum atomic E-state index is -3.18. The predicted molar refractivity (Wildman–Crippen MR) is 104 cm³/mol. The van der Waals surface area contributed by atoms with Crippen molar-refractivity contribution in [3.63, 3.8) is 0 Å². The Bertz CT molecular complexity index is 708. The van der Waals surface area contributed by atoms with Gasteiger partial charge in [0, 0.05) is 19.3 Å². The first-order valence-corrected chi connectivity index (χ1v) is 11.0. The molecule has 0 aromatic heterocycles. The monoisotopic (exact) mass is 390 g/mol. The second-order valence-corrected chi connectivity index (χ2v) is 8.65. The molecule has 0 aliphatic heterocycles. The highest BCUT2D eigenvalue weighted by Crippen LogP contribution is 2.23. The van der Waals surface area contributed by atoms with E-state index < -0.39 is 14.8 Å². The standard InChI is InChI=1S/C20H26O6Si/c1-3-24-27(25-4-2,15-5-6-16-7-11-18(21)12-8-16)26-20(23)17-9-13-19(22)14-10-17/h7-14,21-22H,3-6,15H2,1-2H3. The smallest absolute Gasteiger partial charge is 0.508 e. The van der Waals surface area contributed by atoms with Crippen LogP contribution >= 0.6 is 0 Å². The summed E-state index contributed by atoms with van der Waals surface area (Å²) in [6, 6.07) is 13.4. The summed E-state index contributed by atoms with van der Waals surface area (Å²) in [5, 5.41) is 18.7. The Morgan fingerprint density at radius 1 is 0.889 bits per heavy atom. The van der Waals surface area contributed by atoms with E-state index in [1.807, 2.05) is 26.0 Å². The van der Waals surface area contributed by atoms with Crippen molar-refractivity contribution in [1.29, 1.82) is 0 Å². The molecule has 2 N–H and O–H groups in total. The number of aryl methyl sites for hydroxylation is 1. The summed E-state index contributed by atoms with van der Waals surface area (Å²) in [4.78, 5) is 12.5. The fraction of sp³-hybridized carbons (Fsp3) is 0.350.